The number of amides is 1. The second-order valence-electron chi connectivity index (χ2n) is 13.8. The van der Waals surface area contributed by atoms with Crippen molar-refractivity contribution in [2.45, 2.75) is 62.2 Å². The summed E-state index contributed by atoms with van der Waals surface area (Å²) < 4.78 is 7.50. The van der Waals surface area contributed by atoms with E-state index < -0.39 is 0 Å². The fourth-order valence-electron chi connectivity index (χ4n) is 7.36. The van der Waals surface area contributed by atoms with Gasteiger partial charge in [-0.2, -0.15) is 0 Å². The van der Waals surface area contributed by atoms with E-state index in [0.29, 0.717) is 19.0 Å². The quantitative estimate of drug-likeness (QED) is 0.127. The monoisotopic (exact) mass is 692 g/mol. The molecule has 1 aromatic heterocycles. The second-order valence-corrected chi connectivity index (χ2v) is 15.6. The van der Waals surface area contributed by atoms with Crippen LogP contribution in [0.1, 0.15) is 59.6 Å². The first-order chi connectivity index (χ1) is 24.9. The van der Waals surface area contributed by atoms with Crippen LogP contribution in [0.15, 0.2) is 140 Å². The highest BCUT2D eigenvalue weighted by molar-refractivity contribution is 8.01. The SMILES string of the molecule is Cc1ccc(C(c2ccccc2)N(c2ccccc2)C2C(=O)N3C(c4nnnn4Cc4ccc(OCc5ccccc5)cc4)C(C)(C)S[C@H]23)cc1. The molecule has 9 heteroatoms. The molecule has 0 N–H and O–H groups in total. The van der Waals surface area contributed by atoms with Crippen LogP contribution in [0.2, 0.25) is 0 Å². The van der Waals surface area contributed by atoms with E-state index in [1.54, 1.807) is 0 Å². The fourth-order valence-corrected chi connectivity index (χ4v) is 9.05. The smallest absolute Gasteiger partial charge is 0.250 e. The first-order valence-electron chi connectivity index (χ1n) is 17.3. The van der Waals surface area contributed by atoms with E-state index >= 15 is 0 Å². The van der Waals surface area contributed by atoms with E-state index in [1.807, 2.05) is 88.1 Å². The summed E-state index contributed by atoms with van der Waals surface area (Å²) in [7, 11) is 0. The van der Waals surface area contributed by atoms with Gasteiger partial charge in [-0.15, -0.1) is 16.9 Å². The van der Waals surface area contributed by atoms with Crippen molar-refractivity contribution in [3.8, 4) is 5.75 Å². The van der Waals surface area contributed by atoms with Crippen LogP contribution in [0.25, 0.3) is 0 Å². The Morgan fingerprint density at radius 3 is 2.10 bits per heavy atom. The lowest BCUT2D eigenvalue weighted by Crippen LogP contribution is -2.68. The molecule has 51 heavy (non-hydrogen) atoms. The topological polar surface area (TPSA) is 76.4 Å². The number of carbonyl (C=O) groups excluding carboxylic acids is 1. The number of thioether (sulfide) groups is 1. The Balaban J connectivity index is 1.08. The molecule has 0 saturated carbocycles. The van der Waals surface area contributed by atoms with Crippen LogP contribution in [-0.4, -0.2) is 47.2 Å². The first-order valence-corrected chi connectivity index (χ1v) is 18.2. The molecule has 6 aromatic rings. The normalized spacial score (nSPS) is 19.6. The number of hydrogen-bond donors (Lipinski definition) is 0. The van der Waals surface area contributed by atoms with Crippen molar-refractivity contribution >= 4 is 23.4 Å². The molecule has 3 heterocycles. The third-order valence-electron chi connectivity index (χ3n) is 9.86. The largest absolute Gasteiger partial charge is 0.489 e. The Labute approximate surface area is 303 Å². The predicted molar refractivity (Wildman–Crippen MR) is 201 cm³/mol. The standard InChI is InChI=1S/C42H40N6O2S/c1-29-19-23-33(24-20-29)36(32-15-9-5-10-16-32)47(34-17-11-6-12-18-34)37-40(49)48-38(42(2,3)51-41(37)48)39-43-44-45-46(39)27-30-21-25-35(26-22-30)50-28-31-13-7-4-8-14-31/h4-26,36-38,41H,27-28H2,1-3H3/t36?,37?,38?,41-/m1/s1. The number of benzene rings is 5. The molecule has 4 atom stereocenters. The molecule has 2 aliphatic rings. The second kappa shape index (κ2) is 13.7. The van der Waals surface area contributed by atoms with Gasteiger partial charge in [-0.05, 0) is 77.7 Å². The molecular formula is C42H40N6O2S. The van der Waals surface area contributed by atoms with Gasteiger partial charge in [0, 0.05) is 10.4 Å². The minimum absolute atomic E-state index is 0.0782. The highest BCUT2D eigenvalue weighted by Gasteiger charge is 2.65. The number of aromatic nitrogens is 4. The van der Waals surface area contributed by atoms with Crippen molar-refractivity contribution < 1.29 is 9.53 Å². The summed E-state index contributed by atoms with van der Waals surface area (Å²) in [5, 5.41) is 13.0. The molecule has 0 aliphatic carbocycles. The highest BCUT2D eigenvalue weighted by Crippen LogP contribution is 2.59. The van der Waals surface area contributed by atoms with Gasteiger partial charge in [0.15, 0.2) is 5.82 Å². The number of carbonyl (C=O) groups is 1. The van der Waals surface area contributed by atoms with Gasteiger partial charge in [0.05, 0.1) is 12.6 Å². The predicted octanol–water partition coefficient (Wildman–Crippen LogP) is 8.01. The van der Waals surface area contributed by atoms with Crippen LogP contribution >= 0.6 is 11.8 Å². The van der Waals surface area contributed by atoms with Crippen LogP contribution in [-0.2, 0) is 17.9 Å². The minimum Gasteiger partial charge on any atom is -0.489 e. The molecule has 3 unspecified atom stereocenters. The summed E-state index contributed by atoms with van der Waals surface area (Å²) in [5.74, 6) is 1.57. The average molecular weight is 693 g/mol. The maximum atomic E-state index is 14.7. The number of aryl methyl sites for hydroxylation is 1. The summed E-state index contributed by atoms with van der Waals surface area (Å²) in [4.78, 5) is 19.1. The van der Waals surface area contributed by atoms with Crippen molar-refractivity contribution in [1.82, 2.24) is 25.1 Å². The van der Waals surface area contributed by atoms with Gasteiger partial charge < -0.3 is 14.5 Å². The zero-order chi connectivity index (χ0) is 35.0. The van der Waals surface area contributed by atoms with E-state index in [4.69, 9.17) is 4.74 Å². The Morgan fingerprint density at radius 1 is 0.784 bits per heavy atom. The fraction of sp³-hybridized carbons (Fsp3) is 0.238. The highest BCUT2D eigenvalue weighted by atomic mass is 32.2. The maximum Gasteiger partial charge on any atom is 0.250 e. The first kappa shape index (κ1) is 32.8. The summed E-state index contributed by atoms with van der Waals surface area (Å²) in [6.45, 7) is 7.49. The number of rotatable bonds is 11. The minimum atomic E-state index is -0.388. The lowest BCUT2D eigenvalue weighted by Gasteiger charge is -2.52. The number of nitrogens with zero attached hydrogens (tertiary/aromatic N) is 6. The number of fused-ring (bicyclic) bond motifs is 1. The van der Waals surface area contributed by atoms with Crippen molar-refractivity contribution in [3.63, 3.8) is 0 Å². The van der Waals surface area contributed by atoms with E-state index in [9.17, 15) is 4.79 Å². The molecule has 5 aromatic carbocycles. The Kier molecular flexibility index (Phi) is 8.82. The van der Waals surface area contributed by atoms with Gasteiger partial charge in [-0.1, -0.05) is 121 Å². The molecule has 8 nitrogen and oxygen atoms in total. The zero-order valence-electron chi connectivity index (χ0n) is 28.9. The molecule has 8 rings (SSSR count). The van der Waals surface area contributed by atoms with Crippen molar-refractivity contribution in [3.05, 3.63) is 173 Å². The summed E-state index contributed by atoms with van der Waals surface area (Å²) in [6, 6.07) is 46.8. The molecule has 1 amide bonds. The molecule has 256 valence electrons. The van der Waals surface area contributed by atoms with Crippen molar-refractivity contribution in [2.75, 3.05) is 4.90 Å². The van der Waals surface area contributed by atoms with Gasteiger partial charge in [-0.3, -0.25) is 4.79 Å². The van der Waals surface area contributed by atoms with E-state index in [-0.39, 0.29) is 34.2 Å². The van der Waals surface area contributed by atoms with Crippen LogP contribution in [0.3, 0.4) is 0 Å². The van der Waals surface area contributed by atoms with Gasteiger partial charge in [0.2, 0.25) is 5.91 Å². The third-order valence-corrected chi connectivity index (χ3v) is 11.4. The van der Waals surface area contributed by atoms with Crippen LogP contribution in [0, 0.1) is 6.92 Å². The number of hydrogen-bond acceptors (Lipinski definition) is 7. The third kappa shape index (κ3) is 6.38. The maximum absolute atomic E-state index is 14.7. The lowest BCUT2D eigenvalue weighted by molar-refractivity contribution is -0.148. The molecule has 0 bridgehead atoms. The molecule has 0 radical (unpaired) electrons. The average Bonchev–Trinajstić information content (AvgIpc) is 3.71. The van der Waals surface area contributed by atoms with E-state index in [1.165, 1.54) is 5.56 Å². The van der Waals surface area contributed by atoms with Crippen LogP contribution in [0.5, 0.6) is 5.75 Å². The van der Waals surface area contributed by atoms with Gasteiger partial charge in [-0.25, -0.2) is 4.68 Å². The zero-order valence-corrected chi connectivity index (χ0v) is 29.7. The summed E-state index contributed by atoms with van der Waals surface area (Å²) >= 11 is 1.83. The van der Waals surface area contributed by atoms with Crippen molar-refractivity contribution in [2.24, 2.45) is 0 Å². The Hall–Kier alpha value is -5.41. The van der Waals surface area contributed by atoms with Crippen LogP contribution in [0.4, 0.5) is 5.69 Å². The van der Waals surface area contributed by atoms with Crippen molar-refractivity contribution in [1.29, 1.82) is 0 Å². The van der Waals surface area contributed by atoms with Crippen LogP contribution < -0.4 is 9.64 Å². The Morgan fingerprint density at radius 2 is 1.41 bits per heavy atom. The molecule has 2 saturated heterocycles. The summed E-state index contributed by atoms with van der Waals surface area (Å²) in [5.41, 5.74) is 6.64. The molecule has 2 aliphatic heterocycles. The molecule has 0 spiro atoms. The number of tetrazole rings is 1. The van der Waals surface area contributed by atoms with Gasteiger partial charge in [0.25, 0.3) is 0 Å². The van der Waals surface area contributed by atoms with E-state index in [2.05, 4.69) is 114 Å². The Bertz CT molecular complexity index is 2090. The molecular weight excluding hydrogens is 653 g/mol. The number of anilines is 1. The van der Waals surface area contributed by atoms with Gasteiger partial charge in [0.1, 0.15) is 29.8 Å². The summed E-state index contributed by atoms with van der Waals surface area (Å²) in [6.07, 6.45) is 0. The molecule has 2 fully saturated rings. The van der Waals surface area contributed by atoms with E-state index in [0.717, 1.165) is 33.7 Å². The number of para-hydroxylation sites is 1. The number of ether oxygens (including phenoxy) is 1. The van der Waals surface area contributed by atoms with Gasteiger partial charge >= 0.3 is 0 Å². The lowest BCUT2D eigenvalue weighted by atomic mass is 9.89. The number of β-lactam (4-membered cyclic amide) rings is 1.